The average Bonchev–Trinajstić information content (AvgIpc) is 2.86. The number of carboxylic acid groups (broad SMARTS) is 1. The Morgan fingerprint density at radius 2 is 1.74 bits per heavy atom. The number of aromatic nitrogens is 1. The van der Waals surface area contributed by atoms with E-state index in [9.17, 15) is 18.9 Å². The first-order valence-corrected chi connectivity index (χ1v) is 15.7. The van der Waals surface area contributed by atoms with Gasteiger partial charge in [0.05, 0.1) is 29.9 Å². The number of nitrogens with zero attached hydrogens (tertiary/aromatic N) is 1. The molecule has 4 aliphatic rings. The van der Waals surface area contributed by atoms with Crippen LogP contribution in [0.3, 0.4) is 0 Å². The van der Waals surface area contributed by atoms with E-state index in [2.05, 4.69) is 31.5 Å². The Morgan fingerprint density at radius 1 is 1.15 bits per heavy atom. The lowest BCUT2D eigenvalue weighted by Crippen LogP contribution is -2.49. The Kier molecular flexibility index (Phi) is 7.76. The second-order valence-electron chi connectivity index (χ2n) is 12.2. The van der Waals surface area contributed by atoms with E-state index in [1.165, 1.54) is 38.5 Å². The van der Waals surface area contributed by atoms with Gasteiger partial charge < -0.3 is 14.7 Å². The molecule has 0 spiro atoms. The van der Waals surface area contributed by atoms with Crippen LogP contribution in [0.25, 0.3) is 11.1 Å². The highest BCUT2D eigenvalue weighted by molar-refractivity contribution is 7.64. The van der Waals surface area contributed by atoms with E-state index in [4.69, 9.17) is 14.6 Å². The van der Waals surface area contributed by atoms with E-state index < -0.39 is 25.9 Å². The van der Waals surface area contributed by atoms with Gasteiger partial charge in [-0.25, -0.2) is 4.39 Å². The van der Waals surface area contributed by atoms with Crippen molar-refractivity contribution in [2.75, 3.05) is 13.3 Å². The summed E-state index contributed by atoms with van der Waals surface area (Å²) in [4.78, 5) is 16.3. The molecule has 6 rings (SSSR count). The summed E-state index contributed by atoms with van der Waals surface area (Å²) in [5.41, 5.74) is 6.90. The molecule has 1 heterocycles. The van der Waals surface area contributed by atoms with Gasteiger partial charge in [-0.05, 0) is 91.6 Å². The Bertz CT molecular complexity index is 1320. The number of hydrogen-bond donors (Lipinski definition) is 2. The minimum absolute atomic E-state index is 0.0156. The SMILES string of the molecule is COP(=O)(C#Cc1c(-c2ccc(F)cc2)cc(C23CC4CC(CC(C4)C2)C3)nc1C(C)C)C[C@@H](O)CC(=O)O. The van der Waals surface area contributed by atoms with E-state index in [-0.39, 0.29) is 23.3 Å². The number of halogens is 1. The standard InChI is InChI=1S/C31H37FNO5P/c1-19(2)30-26(8-9-39(37,38-3)18-25(34)13-29(35)36)27(23-4-6-24(32)7-5-23)14-28(33-30)31-15-20-10-21(16-31)12-22(11-20)17-31/h4-7,14,19-22,25,34H,10-13,15-18H2,1-3H3,(H,35,36)/t20?,21?,22?,25-,31?,39?/m0/s1. The largest absolute Gasteiger partial charge is 0.481 e. The molecule has 1 aromatic heterocycles. The third kappa shape index (κ3) is 5.85. The Hall–Kier alpha value is -2.52. The highest BCUT2D eigenvalue weighted by atomic mass is 31.2. The van der Waals surface area contributed by atoms with Crippen molar-refractivity contribution in [2.24, 2.45) is 17.8 Å². The first kappa shape index (κ1) is 28.0. The number of aliphatic carboxylic acids is 1. The monoisotopic (exact) mass is 553 g/mol. The summed E-state index contributed by atoms with van der Waals surface area (Å²) < 4.78 is 32.5. The third-order valence-electron chi connectivity index (χ3n) is 8.84. The number of carbonyl (C=O) groups is 1. The van der Waals surface area contributed by atoms with Crippen molar-refractivity contribution in [3.63, 3.8) is 0 Å². The second kappa shape index (κ2) is 10.8. The molecule has 4 aliphatic carbocycles. The molecule has 1 unspecified atom stereocenters. The van der Waals surface area contributed by atoms with Gasteiger partial charge in [-0.3, -0.25) is 14.3 Å². The van der Waals surface area contributed by atoms with Crippen molar-refractivity contribution >= 4 is 13.3 Å². The van der Waals surface area contributed by atoms with E-state index in [1.807, 2.05) is 0 Å². The molecule has 0 saturated heterocycles. The molecule has 2 N–H and O–H groups in total. The zero-order chi connectivity index (χ0) is 27.9. The maximum atomic E-state index is 13.9. The fourth-order valence-corrected chi connectivity index (χ4v) is 8.82. The highest BCUT2D eigenvalue weighted by Gasteiger charge is 2.52. The van der Waals surface area contributed by atoms with E-state index in [1.54, 1.807) is 12.1 Å². The van der Waals surface area contributed by atoms with Crippen molar-refractivity contribution in [2.45, 2.75) is 76.2 Å². The Labute approximate surface area is 229 Å². The Balaban J connectivity index is 1.63. The van der Waals surface area contributed by atoms with Gasteiger partial charge in [0.25, 0.3) is 7.37 Å². The fraction of sp³-hybridized carbons (Fsp3) is 0.548. The van der Waals surface area contributed by atoms with E-state index in [0.29, 0.717) is 5.56 Å². The molecule has 4 fully saturated rings. The van der Waals surface area contributed by atoms with Crippen LogP contribution in [-0.4, -0.2) is 40.5 Å². The molecule has 6 nitrogen and oxygen atoms in total. The van der Waals surface area contributed by atoms with Crippen LogP contribution >= 0.6 is 7.37 Å². The molecule has 1 aromatic carbocycles. The van der Waals surface area contributed by atoms with Gasteiger partial charge in [-0.1, -0.05) is 31.9 Å². The summed E-state index contributed by atoms with van der Waals surface area (Å²) >= 11 is 0. The molecule has 39 heavy (non-hydrogen) atoms. The number of rotatable bonds is 8. The number of pyridine rings is 1. The predicted octanol–water partition coefficient (Wildman–Crippen LogP) is 6.55. The first-order valence-electron chi connectivity index (χ1n) is 13.9. The number of aliphatic hydroxyl groups excluding tert-OH is 1. The van der Waals surface area contributed by atoms with Crippen LogP contribution in [0.5, 0.6) is 0 Å². The quantitative estimate of drug-likeness (QED) is 0.284. The molecule has 8 heteroatoms. The van der Waals surface area contributed by atoms with E-state index >= 15 is 0 Å². The molecule has 0 radical (unpaired) electrons. The average molecular weight is 554 g/mol. The predicted molar refractivity (Wildman–Crippen MR) is 148 cm³/mol. The number of benzene rings is 1. The number of carboxylic acids is 1. The topological polar surface area (TPSA) is 96.7 Å². The van der Waals surface area contributed by atoms with Crippen LogP contribution in [-0.2, 0) is 19.3 Å². The lowest BCUT2D eigenvalue weighted by atomic mass is 9.48. The lowest BCUT2D eigenvalue weighted by Gasteiger charge is -2.56. The van der Waals surface area contributed by atoms with Gasteiger partial charge in [-0.15, -0.1) is 0 Å². The van der Waals surface area contributed by atoms with Gasteiger partial charge >= 0.3 is 5.97 Å². The minimum Gasteiger partial charge on any atom is -0.481 e. The van der Waals surface area contributed by atoms with Crippen LogP contribution in [0.15, 0.2) is 30.3 Å². The van der Waals surface area contributed by atoms with Crippen LogP contribution in [0.4, 0.5) is 4.39 Å². The zero-order valence-electron chi connectivity index (χ0n) is 22.8. The van der Waals surface area contributed by atoms with Gasteiger partial charge in [0.15, 0.2) is 0 Å². The highest BCUT2D eigenvalue weighted by Crippen LogP contribution is 2.60. The number of hydrogen-bond acceptors (Lipinski definition) is 5. The molecule has 2 aromatic rings. The first-order chi connectivity index (χ1) is 18.5. The molecule has 0 amide bonds. The van der Waals surface area contributed by atoms with Crippen molar-refractivity contribution in [3.05, 3.63) is 53.1 Å². The summed E-state index contributed by atoms with van der Waals surface area (Å²) in [5.74, 6) is 3.81. The van der Waals surface area contributed by atoms with Crippen LogP contribution < -0.4 is 0 Å². The van der Waals surface area contributed by atoms with Crippen molar-refractivity contribution in [3.8, 4) is 22.7 Å². The summed E-state index contributed by atoms with van der Waals surface area (Å²) in [5, 5.41) is 19.1. The second-order valence-corrected chi connectivity index (χ2v) is 14.5. The van der Waals surface area contributed by atoms with E-state index in [0.717, 1.165) is 59.5 Å². The molecule has 4 saturated carbocycles. The molecule has 2 atom stereocenters. The molecule has 4 bridgehead atoms. The number of aliphatic hydroxyl groups is 1. The smallest absolute Gasteiger partial charge is 0.305 e. The van der Waals surface area contributed by atoms with Crippen LogP contribution in [0.2, 0.25) is 0 Å². The maximum Gasteiger partial charge on any atom is 0.305 e. The normalized spacial score (nSPS) is 27.6. The van der Waals surface area contributed by atoms with Crippen molar-refractivity contribution in [1.29, 1.82) is 0 Å². The van der Waals surface area contributed by atoms with Crippen molar-refractivity contribution < 1.29 is 28.5 Å². The van der Waals surface area contributed by atoms with Crippen LogP contribution in [0, 0.1) is 35.2 Å². The third-order valence-corrected chi connectivity index (χ3v) is 10.8. The molecular formula is C31H37FNO5P. The summed E-state index contributed by atoms with van der Waals surface area (Å²) in [7, 11) is -2.42. The zero-order valence-corrected chi connectivity index (χ0v) is 23.7. The van der Waals surface area contributed by atoms with Gasteiger partial charge in [0.2, 0.25) is 0 Å². The molecule has 208 valence electrons. The summed E-state index contributed by atoms with van der Waals surface area (Å²) in [6, 6.07) is 8.43. The summed E-state index contributed by atoms with van der Waals surface area (Å²) in [6.07, 6.45) is 5.15. The minimum atomic E-state index is -3.67. The molecule has 0 aliphatic heterocycles. The van der Waals surface area contributed by atoms with Gasteiger partial charge in [0, 0.05) is 23.8 Å². The maximum absolute atomic E-state index is 13.9. The van der Waals surface area contributed by atoms with Crippen LogP contribution in [0.1, 0.15) is 81.7 Å². The van der Waals surface area contributed by atoms with Crippen molar-refractivity contribution in [1.82, 2.24) is 4.98 Å². The summed E-state index contributed by atoms with van der Waals surface area (Å²) in [6.45, 7) is 4.11. The lowest BCUT2D eigenvalue weighted by molar-refractivity contribution is -0.138. The fourth-order valence-electron chi connectivity index (χ4n) is 7.52. The molecular weight excluding hydrogens is 516 g/mol. The Morgan fingerprint density at radius 3 is 2.26 bits per heavy atom. The van der Waals surface area contributed by atoms with Gasteiger partial charge in [0.1, 0.15) is 5.82 Å². The van der Waals surface area contributed by atoms with Gasteiger partial charge in [-0.2, -0.15) is 0 Å².